The summed E-state index contributed by atoms with van der Waals surface area (Å²) >= 11 is 0. The molecular formula is C27H36N2O9P+. The van der Waals surface area contributed by atoms with Crippen LogP contribution in [0.2, 0.25) is 0 Å². The van der Waals surface area contributed by atoms with Gasteiger partial charge in [0.1, 0.15) is 30.1 Å². The molecule has 4 rings (SSSR count). The van der Waals surface area contributed by atoms with E-state index in [0.29, 0.717) is 5.56 Å². The molecule has 212 valence electrons. The highest BCUT2D eigenvalue weighted by molar-refractivity contribution is 7.52. The Morgan fingerprint density at radius 3 is 2.51 bits per heavy atom. The minimum Gasteiger partial charge on any atom is -0.461 e. The summed E-state index contributed by atoms with van der Waals surface area (Å²) in [4.78, 5) is 24.5. The van der Waals surface area contributed by atoms with E-state index in [2.05, 4.69) is 5.09 Å². The van der Waals surface area contributed by atoms with Crippen LogP contribution >= 0.6 is 7.75 Å². The normalized spacial score (nSPS) is 25.9. The summed E-state index contributed by atoms with van der Waals surface area (Å²) in [6.07, 6.45) is 2.78. The molecule has 0 radical (unpaired) electrons. The molecular weight excluding hydrogens is 527 g/mol. The number of aliphatic hydroxyl groups excluding tert-OH is 2. The number of ketones is 1. The fourth-order valence-corrected chi connectivity index (χ4v) is 6.10. The summed E-state index contributed by atoms with van der Waals surface area (Å²) < 4.78 is 38.0. The van der Waals surface area contributed by atoms with E-state index in [1.165, 1.54) is 24.6 Å². The average Bonchev–Trinajstić information content (AvgIpc) is 3.22. The number of nitrogens with one attached hydrogen (secondary N) is 1. The van der Waals surface area contributed by atoms with E-state index in [1.54, 1.807) is 48.7 Å². The molecule has 12 heteroatoms. The molecule has 1 aliphatic carbocycles. The zero-order valence-corrected chi connectivity index (χ0v) is 22.9. The second-order valence-electron chi connectivity index (χ2n) is 9.89. The van der Waals surface area contributed by atoms with Gasteiger partial charge in [-0.25, -0.2) is 4.57 Å². The van der Waals surface area contributed by atoms with Gasteiger partial charge >= 0.3 is 13.7 Å². The van der Waals surface area contributed by atoms with Gasteiger partial charge in [0.25, 0.3) is 6.23 Å². The Morgan fingerprint density at radius 2 is 1.82 bits per heavy atom. The molecule has 0 amide bonds. The van der Waals surface area contributed by atoms with E-state index in [1.807, 2.05) is 0 Å². The maximum absolute atomic E-state index is 13.8. The number of para-hydroxylation sites is 1. The molecule has 2 heterocycles. The van der Waals surface area contributed by atoms with Gasteiger partial charge in [-0.05, 0) is 57.7 Å². The highest BCUT2D eigenvalue weighted by Crippen LogP contribution is 2.46. The summed E-state index contributed by atoms with van der Waals surface area (Å²) in [6.45, 7) is 2.50. The van der Waals surface area contributed by atoms with Crippen molar-refractivity contribution in [3.63, 3.8) is 0 Å². The van der Waals surface area contributed by atoms with Gasteiger partial charge in [-0.1, -0.05) is 24.6 Å². The molecule has 2 aromatic rings. The topological polar surface area (TPSA) is 144 Å². The van der Waals surface area contributed by atoms with E-state index in [-0.39, 0.29) is 17.6 Å². The maximum atomic E-state index is 13.8. The van der Waals surface area contributed by atoms with E-state index < -0.39 is 50.9 Å². The molecule has 1 aliphatic heterocycles. The smallest absolute Gasteiger partial charge is 0.459 e. The largest absolute Gasteiger partial charge is 0.461 e. The Labute approximate surface area is 227 Å². The van der Waals surface area contributed by atoms with E-state index >= 15 is 0 Å². The number of benzene rings is 1. The van der Waals surface area contributed by atoms with Crippen molar-refractivity contribution in [1.29, 1.82) is 0 Å². The van der Waals surface area contributed by atoms with E-state index in [9.17, 15) is 24.4 Å². The fraction of sp³-hybridized carbons (Fsp3) is 0.519. The summed E-state index contributed by atoms with van der Waals surface area (Å²) in [5.41, 5.74) is 0.404. The standard InChI is InChI=1S/C27H36N2O9P/c1-18(27(33)36-21-11-5-3-6-12-21)28-39(34,38-22-13-7-4-8-14-22)35-17-23-24(31)25(32)26(37-23)29-15-9-10-20(16-29)19(2)30/h4,7-10,13-16,18,21,23-26,31-32H,3,5-6,11-12,17H2,1-2H3,(H,28,34)/q+1/t18-,23+,24+,25+,26+,39?/m0/s1. The van der Waals surface area contributed by atoms with Crippen LogP contribution in [0.1, 0.15) is 62.5 Å². The lowest BCUT2D eigenvalue weighted by molar-refractivity contribution is -0.765. The Kier molecular flexibility index (Phi) is 9.87. The third-order valence-corrected chi connectivity index (χ3v) is 8.42. The van der Waals surface area contributed by atoms with Gasteiger partial charge in [0, 0.05) is 6.07 Å². The number of Topliss-reactive ketones (excluding diaryl/α,β-unsaturated/α-hetero) is 1. The van der Waals surface area contributed by atoms with Crippen molar-refractivity contribution in [2.24, 2.45) is 0 Å². The molecule has 0 spiro atoms. The molecule has 1 unspecified atom stereocenters. The quantitative estimate of drug-likeness (QED) is 0.162. The van der Waals surface area contributed by atoms with Crippen molar-refractivity contribution in [1.82, 2.24) is 5.09 Å². The van der Waals surface area contributed by atoms with Crippen LogP contribution in [0.3, 0.4) is 0 Å². The first-order valence-corrected chi connectivity index (χ1v) is 14.7. The van der Waals surface area contributed by atoms with Gasteiger partial charge < -0.3 is 24.2 Å². The summed E-state index contributed by atoms with van der Waals surface area (Å²) in [7, 11) is -4.19. The van der Waals surface area contributed by atoms with Crippen molar-refractivity contribution in [2.45, 2.75) is 82.6 Å². The van der Waals surface area contributed by atoms with Gasteiger partial charge in [-0.2, -0.15) is 9.65 Å². The predicted octanol–water partition coefficient (Wildman–Crippen LogP) is 2.85. The molecule has 6 atom stereocenters. The van der Waals surface area contributed by atoms with Crippen LogP contribution < -0.4 is 14.2 Å². The molecule has 1 saturated heterocycles. The van der Waals surface area contributed by atoms with Gasteiger partial charge in [0.15, 0.2) is 24.3 Å². The molecule has 11 nitrogen and oxygen atoms in total. The first-order chi connectivity index (χ1) is 18.6. The third-order valence-electron chi connectivity index (χ3n) is 6.78. The number of aromatic nitrogens is 1. The molecule has 2 aliphatic rings. The molecule has 0 bridgehead atoms. The third kappa shape index (κ3) is 7.72. The van der Waals surface area contributed by atoms with Crippen LogP contribution in [0.15, 0.2) is 54.9 Å². The van der Waals surface area contributed by atoms with Gasteiger partial charge in [-0.15, -0.1) is 0 Å². The Bertz CT molecular complexity index is 1170. The van der Waals surface area contributed by atoms with Crippen molar-refractivity contribution in [3.05, 3.63) is 60.4 Å². The fourth-order valence-electron chi connectivity index (χ4n) is 4.59. The number of carbonyl (C=O) groups excluding carboxylic acids is 2. The number of esters is 1. The number of carbonyl (C=O) groups is 2. The Hall–Kier alpha value is -2.66. The van der Waals surface area contributed by atoms with Crippen LogP contribution in [-0.4, -0.2) is 59.0 Å². The van der Waals surface area contributed by atoms with Crippen LogP contribution in [0.25, 0.3) is 0 Å². The zero-order valence-electron chi connectivity index (χ0n) is 22.0. The zero-order chi connectivity index (χ0) is 28.0. The maximum Gasteiger partial charge on any atom is 0.459 e. The average molecular weight is 564 g/mol. The molecule has 1 saturated carbocycles. The lowest BCUT2D eigenvalue weighted by Gasteiger charge is -2.26. The number of nitrogens with zero attached hydrogens (tertiary/aromatic N) is 1. The number of pyridine rings is 1. The number of hydrogen-bond donors (Lipinski definition) is 3. The monoisotopic (exact) mass is 563 g/mol. The number of aliphatic hydroxyl groups is 2. The summed E-state index contributed by atoms with van der Waals surface area (Å²) in [5, 5.41) is 23.9. The SMILES string of the molecule is CC(=O)c1ccc[n+]([C@@H]2O[C@H](COP(=O)(N[C@@H](C)C(=O)OC3CCCCC3)Oc3ccccc3)[C@@H](O)[C@H]2O)c1. The number of ether oxygens (including phenoxy) is 2. The molecule has 1 aromatic carbocycles. The van der Waals surface area contributed by atoms with Crippen molar-refractivity contribution in [3.8, 4) is 5.75 Å². The number of rotatable bonds is 11. The van der Waals surface area contributed by atoms with Crippen molar-refractivity contribution >= 4 is 19.5 Å². The van der Waals surface area contributed by atoms with E-state index in [0.717, 1.165) is 32.1 Å². The molecule has 39 heavy (non-hydrogen) atoms. The lowest BCUT2D eigenvalue weighted by atomic mass is 9.98. The number of hydrogen-bond acceptors (Lipinski definition) is 9. The molecule has 1 aromatic heterocycles. The van der Waals surface area contributed by atoms with Crippen LogP contribution in [-0.2, 0) is 23.4 Å². The van der Waals surface area contributed by atoms with Crippen LogP contribution in [0.5, 0.6) is 5.75 Å². The van der Waals surface area contributed by atoms with Crippen LogP contribution in [0.4, 0.5) is 0 Å². The highest BCUT2D eigenvalue weighted by atomic mass is 31.2. The molecule has 3 N–H and O–H groups in total. The first kappa shape index (κ1) is 29.3. The van der Waals surface area contributed by atoms with E-state index in [4.69, 9.17) is 18.5 Å². The first-order valence-electron chi connectivity index (χ1n) is 13.2. The van der Waals surface area contributed by atoms with Gasteiger partial charge in [0.2, 0.25) is 0 Å². The van der Waals surface area contributed by atoms with Gasteiger partial charge in [0.05, 0.1) is 12.2 Å². The second kappa shape index (κ2) is 13.1. The molecule has 2 fully saturated rings. The summed E-state index contributed by atoms with van der Waals surface area (Å²) in [5.74, 6) is -0.501. The van der Waals surface area contributed by atoms with Crippen molar-refractivity contribution < 1.29 is 47.5 Å². The van der Waals surface area contributed by atoms with Crippen LogP contribution in [0, 0.1) is 0 Å². The van der Waals surface area contributed by atoms with Gasteiger partial charge in [-0.3, -0.25) is 14.1 Å². The lowest BCUT2D eigenvalue weighted by Crippen LogP contribution is -2.46. The van der Waals surface area contributed by atoms with Crippen molar-refractivity contribution in [2.75, 3.05) is 6.61 Å². The minimum atomic E-state index is -4.19. The second-order valence-corrected chi connectivity index (χ2v) is 11.6. The Balaban J connectivity index is 1.44. The Morgan fingerprint density at radius 1 is 1.10 bits per heavy atom. The summed E-state index contributed by atoms with van der Waals surface area (Å²) in [6, 6.07) is 10.6. The highest BCUT2D eigenvalue weighted by Gasteiger charge is 2.49. The minimum absolute atomic E-state index is 0.168. The predicted molar refractivity (Wildman–Crippen MR) is 139 cm³/mol.